The summed E-state index contributed by atoms with van der Waals surface area (Å²) in [5, 5.41) is 1.65. The van der Waals surface area contributed by atoms with Gasteiger partial charge in [-0.2, -0.15) is 4.31 Å². The molecule has 1 saturated heterocycles. The minimum absolute atomic E-state index is 0.0574. The molecule has 0 N–H and O–H groups in total. The number of imide groups is 1. The number of sulfonamides is 1. The molecule has 1 fully saturated rings. The molecule has 26 heavy (non-hydrogen) atoms. The van der Waals surface area contributed by atoms with Crippen LogP contribution in [0.1, 0.15) is 6.42 Å². The molecule has 9 heteroatoms. The smallest absolute Gasteiger partial charge is 0.253 e. The Bertz CT molecular complexity index is 940. The molecule has 0 radical (unpaired) electrons. The maximum atomic E-state index is 12.9. The number of hydrogen-bond donors (Lipinski definition) is 0. The Morgan fingerprint density at radius 1 is 1.27 bits per heavy atom. The van der Waals surface area contributed by atoms with E-state index in [1.807, 2.05) is 0 Å². The maximum absolute atomic E-state index is 12.9. The highest BCUT2D eigenvalue weighted by atomic mass is 79.9. The fourth-order valence-electron chi connectivity index (χ4n) is 2.75. The van der Waals surface area contributed by atoms with Gasteiger partial charge in [0.1, 0.15) is 10.3 Å². The van der Waals surface area contributed by atoms with E-state index >= 15 is 0 Å². The van der Waals surface area contributed by atoms with Crippen LogP contribution in [0.25, 0.3) is 0 Å². The molecule has 6 nitrogen and oxygen atoms in total. The standard InChI is InChI=1S/C17H15BrN2O4S2/c1-2-9-19(26(23,24)16-4-3-10-25-16)14-11-15(21)20(17(14)22)13-7-5-12(18)6-8-13/h2-8,10,14H,1,9,11H2. The summed E-state index contributed by atoms with van der Waals surface area (Å²) >= 11 is 4.37. The Morgan fingerprint density at radius 2 is 1.96 bits per heavy atom. The third-order valence-corrected chi connectivity index (χ3v) is 7.70. The summed E-state index contributed by atoms with van der Waals surface area (Å²) in [6.45, 7) is 3.52. The van der Waals surface area contributed by atoms with Crippen LogP contribution in [0.3, 0.4) is 0 Å². The zero-order valence-electron chi connectivity index (χ0n) is 13.5. The number of anilines is 1. The van der Waals surface area contributed by atoms with E-state index in [4.69, 9.17) is 0 Å². The van der Waals surface area contributed by atoms with Crippen molar-refractivity contribution in [1.82, 2.24) is 4.31 Å². The molecular formula is C17H15BrN2O4S2. The molecule has 2 aromatic rings. The highest BCUT2D eigenvalue weighted by Crippen LogP contribution is 2.31. The van der Waals surface area contributed by atoms with E-state index in [1.54, 1.807) is 35.7 Å². The van der Waals surface area contributed by atoms with Gasteiger partial charge in [0, 0.05) is 11.0 Å². The van der Waals surface area contributed by atoms with Crippen molar-refractivity contribution in [2.45, 2.75) is 16.7 Å². The van der Waals surface area contributed by atoms with E-state index < -0.39 is 27.9 Å². The first-order valence-corrected chi connectivity index (χ1v) is 10.8. The Labute approximate surface area is 163 Å². The predicted octanol–water partition coefficient (Wildman–Crippen LogP) is 3.02. The monoisotopic (exact) mass is 454 g/mol. The average Bonchev–Trinajstić information content (AvgIpc) is 3.23. The van der Waals surface area contributed by atoms with Crippen molar-refractivity contribution < 1.29 is 18.0 Å². The van der Waals surface area contributed by atoms with Gasteiger partial charge in [0.15, 0.2) is 0 Å². The fourth-order valence-corrected chi connectivity index (χ4v) is 5.68. The van der Waals surface area contributed by atoms with Gasteiger partial charge in [0.2, 0.25) is 5.91 Å². The normalized spacial score (nSPS) is 17.9. The van der Waals surface area contributed by atoms with Crippen molar-refractivity contribution in [3.05, 3.63) is 58.9 Å². The zero-order valence-corrected chi connectivity index (χ0v) is 16.8. The lowest BCUT2D eigenvalue weighted by Gasteiger charge is -2.25. The number of amides is 2. The number of nitrogens with zero attached hydrogens (tertiary/aromatic N) is 2. The van der Waals surface area contributed by atoms with Crippen molar-refractivity contribution in [2.24, 2.45) is 0 Å². The van der Waals surface area contributed by atoms with E-state index in [9.17, 15) is 18.0 Å². The maximum Gasteiger partial charge on any atom is 0.253 e. The zero-order chi connectivity index (χ0) is 18.9. The SMILES string of the molecule is C=CCN(C1CC(=O)N(c2ccc(Br)cc2)C1=O)S(=O)(=O)c1cccs1. The number of benzene rings is 1. The molecule has 0 saturated carbocycles. The minimum atomic E-state index is -3.90. The molecule has 1 unspecified atom stereocenters. The topological polar surface area (TPSA) is 74.8 Å². The van der Waals surface area contributed by atoms with Gasteiger partial charge in [-0.15, -0.1) is 17.9 Å². The van der Waals surface area contributed by atoms with Gasteiger partial charge in [-0.3, -0.25) is 9.59 Å². The fraction of sp³-hybridized carbons (Fsp3) is 0.176. The minimum Gasteiger partial charge on any atom is -0.274 e. The molecule has 1 atom stereocenters. The van der Waals surface area contributed by atoms with Gasteiger partial charge in [0.05, 0.1) is 12.1 Å². The second-order valence-corrected chi connectivity index (χ2v) is 9.54. The number of hydrogen-bond acceptors (Lipinski definition) is 5. The highest BCUT2D eigenvalue weighted by Gasteiger charge is 2.46. The summed E-state index contributed by atoms with van der Waals surface area (Å²) in [5.41, 5.74) is 0.415. The molecule has 136 valence electrons. The van der Waals surface area contributed by atoms with Crippen molar-refractivity contribution in [2.75, 3.05) is 11.4 Å². The van der Waals surface area contributed by atoms with Gasteiger partial charge in [-0.25, -0.2) is 13.3 Å². The van der Waals surface area contributed by atoms with E-state index in [0.717, 1.165) is 25.0 Å². The summed E-state index contributed by atoms with van der Waals surface area (Å²) in [5.74, 6) is -0.989. The molecule has 1 aromatic heterocycles. The molecule has 0 spiro atoms. The molecule has 0 bridgehead atoms. The second kappa shape index (κ2) is 7.43. The first kappa shape index (κ1) is 19.0. The van der Waals surface area contributed by atoms with Gasteiger partial charge in [0.25, 0.3) is 15.9 Å². The van der Waals surface area contributed by atoms with Crippen molar-refractivity contribution in [3.63, 3.8) is 0 Å². The predicted molar refractivity (Wildman–Crippen MR) is 103 cm³/mol. The third kappa shape index (κ3) is 3.39. The third-order valence-electron chi connectivity index (χ3n) is 3.92. The summed E-state index contributed by atoms with van der Waals surface area (Å²) in [6.07, 6.45) is 1.21. The van der Waals surface area contributed by atoms with Gasteiger partial charge < -0.3 is 0 Å². The average molecular weight is 455 g/mol. The molecule has 2 amide bonds. The summed E-state index contributed by atoms with van der Waals surface area (Å²) < 4.78 is 27.8. The Hall–Kier alpha value is -1.81. The van der Waals surface area contributed by atoms with Crippen molar-refractivity contribution in [1.29, 1.82) is 0 Å². The van der Waals surface area contributed by atoms with E-state index in [2.05, 4.69) is 22.5 Å². The van der Waals surface area contributed by atoms with Crippen LogP contribution in [0.15, 0.2) is 63.1 Å². The van der Waals surface area contributed by atoms with Crippen LogP contribution in [-0.4, -0.2) is 37.1 Å². The van der Waals surface area contributed by atoms with Gasteiger partial charge >= 0.3 is 0 Å². The molecular weight excluding hydrogens is 440 g/mol. The lowest BCUT2D eigenvalue weighted by molar-refractivity contribution is -0.122. The molecule has 1 aromatic carbocycles. The number of rotatable bonds is 6. The number of halogens is 1. The van der Waals surface area contributed by atoms with Crippen molar-refractivity contribution in [3.8, 4) is 0 Å². The lowest BCUT2D eigenvalue weighted by atomic mass is 10.2. The van der Waals surface area contributed by atoms with Crippen LogP contribution in [0, 0.1) is 0 Å². The van der Waals surface area contributed by atoms with Gasteiger partial charge in [-0.1, -0.05) is 28.1 Å². The second-order valence-electron chi connectivity index (χ2n) is 5.56. The van der Waals surface area contributed by atoms with Crippen LogP contribution in [0.2, 0.25) is 0 Å². The van der Waals surface area contributed by atoms with E-state index in [-0.39, 0.29) is 17.2 Å². The largest absolute Gasteiger partial charge is 0.274 e. The molecule has 3 rings (SSSR count). The Morgan fingerprint density at radius 3 is 2.54 bits per heavy atom. The molecule has 0 aliphatic carbocycles. The first-order chi connectivity index (χ1) is 12.4. The van der Waals surface area contributed by atoms with Crippen molar-refractivity contribution >= 4 is 54.8 Å². The van der Waals surface area contributed by atoms with E-state index in [0.29, 0.717) is 5.69 Å². The molecule has 2 heterocycles. The van der Waals surface area contributed by atoms with Crippen LogP contribution < -0.4 is 4.90 Å². The first-order valence-electron chi connectivity index (χ1n) is 7.65. The number of carbonyl (C=O) groups excluding carboxylic acids is 2. The summed E-state index contributed by atoms with van der Waals surface area (Å²) in [4.78, 5) is 26.4. The highest BCUT2D eigenvalue weighted by molar-refractivity contribution is 9.10. The Kier molecular flexibility index (Phi) is 5.42. The van der Waals surface area contributed by atoms with Crippen LogP contribution in [-0.2, 0) is 19.6 Å². The summed E-state index contributed by atoms with van der Waals surface area (Å²) in [6, 6.07) is 8.71. The number of thiophene rings is 1. The van der Waals surface area contributed by atoms with E-state index in [1.165, 1.54) is 12.1 Å². The lowest BCUT2D eigenvalue weighted by Crippen LogP contribution is -2.45. The molecule has 1 aliphatic rings. The van der Waals surface area contributed by atoms with Crippen LogP contribution in [0.4, 0.5) is 5.69 Å². The number of carbonyl (C=O) groups is 2. The molecule has 1 aliphatic heterocycles. The van der Waals surface area contributed by atoms with Crippen LogP contribution in [0.5, 0.6) is 0 Å². The van der Waals surface area contributed by atoms with Crippen LogP contribution >= 0.6 is 27.3 Å². The summed E-state index contributed by atoms with van der Waals surface area (Å²) in [7, 11) is -3.90. The quantitative estimate of drug-likeness (QED) is 0.496. The Balaban J connectivity index is 1.96. The van der Waals surface area contributed by atoms with Gasteiger partial charge in [-0.05, 0) is 35.7 Å².